The molecule has 28 heavy (non-hydrogen) atoms. The summed E-state index contributed by atoms with van der Waals surface area (Å²) in [6, 6.07) is 15.6. The molecule has 0 fully saturated rings. The van der Waals surface area contributed by atoms with Crippen LogP contribution < -0.4 is 4.90 Å². The number of benzene rings is 2. The second-order valence-corrected chi connectivity index (χ2v) is 9.05. The molecule has 4 rings (SSSR count). The Morgan fingerprint density at radius 2 is 1.79 bits per heavy atom. The first-order valence-electron chi connectivity index (χ1n) is 9.37. The van der Waals surface area contributed by atoms with E-state index in [-0.39, 0.29) is 5.78 Å². The summed E-state index contributed by atoms with van der Waals surface area (Å²) in [5.74, 6) is 0.0820. The Bertz CT molecular complexity index is 1000. The summed E-state index contributed by atoms with van der Waals surface area (Å²) in [7, 11) is 0. The molecule has 0 radical (unpaired) electrons. The average molecular weight is 440 g/mol. The molecule has 0 spiro atoms. The number of hydrogen-bond acceptors (Lipinski definition) is 3. The van der Waals surface area contributed by atoms with E-state index in [1.54, 1.807) is 11.0 Å². The minimum atomic E-state index is -0.778. The minimum absolute atomic E-state index is 0.0820. The number of carbonyl (C=O) groups is 2. The normalized spacial score (nSPS) is 21.1. The molecule has 1 atom stereocenters. The molecular weight excluding hydrogens is 418 g/mol. The second kappa shape index (κ2) is 6.59. The van der Waals surface area contributed by atoms with E-state index in [0.717, 1.165) is 26.9 Å². The van der Waals surface area contributed by atoms with Crippen LogP contribution >= 0.6 is 15.9 Å². The molecule has 2 aromatic carbocycles. The molecule has 0 aromatic heterocycles. The van der Waals surface area contributed by atoms with Crippen molar-refractivity contribution in [3.05, 3.63) is 70.2 Å². The molecule has 2 aliphatic rings. The molecule has 4 nitrogen and oxygen atoms in total. The highest BCUT2D eigenvalue weighted by molar-refractivity contribution is 9.10. The maximum absolute atomic E-state index is 13.4. The summed E-state index contributed by atoms with van der Waals surface area (Å²) in [5.41, 5.74) is 2.08. The summed E-state index contributed by atoms with van der Waals surface area (Å²) < 4.78 is 6.70. The zero-order valence-corrected chi connectivity index (χ0v) is 17.7. The quantitative estimate of drug-likeness (QED) is 0.559. The van der Waals surface area contributed by atoms with Gasteiger partial charge >= 0.3 is 6.09 Å². The van der Waals surface area contributed by atoms with Gasteiger partial charge in [-0.05, 0) is 56.5 Å². The average Bonchev–Trinajstić information content (AvgIpc) is 2.91. The Labute approximate surface area is 173 Å². The van der Waals surface area contributed by atoms with E-state index in [0.29, 0.717) is 12.8 Å². The first-order chi connectivity index (χ1) is 13.2. The molecule has 1 amide bonds. The van der Waals surface area contributed by atoms with Crippen LogP contribution in [0.3, 0.4) is 0 Å². The van der Waals surface area contributed by atoms with E-state index < -0.39 is 17.2 Å². The molecule has 0 N–H and O–H groups in total. The lowest BCUT2D eigenvalue weighted by Gasteiger charge is -2.42. The van der Waals surface area contributed by atoms with Crippen molar-refractivity contribution in [2.24, 2.45) is 0 Å². The highest BCUT2D eigenvalue weighted by Gasteiger charge is 2.55. The molecular formula is C23H22BrNO3. The number of amides is 1. The maximum Gasteiger partial charge on any atom is 0.415 e. The molecule has 1 heterocycles. The first kappa shape index (κ1) is 18.9. The van der Waals surface area contributed by atoms with Gasteiger partial charge in [0, 0.05) is 16.5 Å². The predicted molar refractivity (Wildman–Crippen MR) is 113 cm³/mol. The van der Waals surface area contributed by atoms with Crippen LogP contribution in [0.15, 0.2) is 59.1 Å². The third kappa shape index (κ3) is 2.89. The molecule has 144 valence electrons. The summed E-state index contributed by atoms with van der Waals surface area (Å²) in [6.07, 6.45) is 2.17. The van der Waals surface area contributed by atoms with E-state index in [1.165, 1.54) is 0 Å². The lowest BCUT2D eigenvalue weighted by Crippen LogP contribution is -2.50. The molecule has 5 heteroatoms. The predicted octanol–water partition coefficient (Wildman–Crippen LogP) is 5.85. The number of halogens is 1. The van der Waals surface area contributed by atoms with Crippen LogP contribution in [-0.4, -0.2) is 17.5 Å². The number of ketones is 1. The van der Waals surface area contributed by atoms with Crippen molar-refractivity contribution in [2.45, 2.75) is 44.8 Å². The Morgan fingerprint density at radius 3 is 2.50 bits per heavy atom. The van der Waals surface area contributed by atoms with Crippen molar-refractivity contribution in [3.63, 3.8) is 0 Å². The van der Waals surface area contributed by atoms with Crippen LogP contribution in [0.5, 0.6) is 0 Å². The summed E-state index contributed by atoms with van der Waals surface area (Å²) >= 11 is 3.67. The van der Waals surface area contributed by atoms with Crippen LogP contribution in [0.2, 0.25) is 0 Å². The topological polar surface area (TPSA) is 46.6 Å². The highest BCUT2D eigenvalue weighted by Crippen LogP contribution is 2.58. The third-order valence-electron chi connectivity index (χ3n) is 5.20. The SMILES string of the molecule is CC(C)(C)OC(=O)N1c2ccccc2C2=CC(=O)CC[C@]21c1ccccc1Br. The fourth-order valence-corrected chi connectivity index (χ4v) is 4.80. The first-order valence-corrected chi connectivity index (χ1v) is 10.2. The molecule has 0 saturated carbocycles. The monoisotopic (exact) mass is 439 g/mol. The molecule has 1 aliphatic heterocycles. The van der Waals surface area contributed by atoms with Gasteiger partial charge in [0.05, 0.1) is 5.69 Å². The van der Waals surface area contributed by atoms with Gasteiger partial charge in [0.2, 0.25) is 0 Å². The van der Waals surface area contributed by atoms with E-state index >= 15 is 0 Å². The van der Waals surface area contributed by atoms with Gasteiger partial charge in [-0.25, -0.2) is 4.79 Å². The summed E-state index contributed by atoms with van der Waals surface area (Å²) in [5, 5.41) is 0. The van der Waals surface area contributed by atoms with E-state index in [4.69, 9.17) is 4.74 Å². The van der Waals surface area contributed by atoms with Crippen molar-refractivity contribution in [1.82, 2.24) is 0 Å². The van der Waals surface area contributed by atoms with E-state index in [9.17, 15) is 9.59 Å². The van der Waals surface area contributed by atoms with Crippen LogP contribution in [0.1, 0.15) is 44.7 Å². The van der Waals surface area contributed by atoms with Crippen LogP contribution in [-0.2, 0) is 15.1 Å². The lowest BCUT2D eigenvalue weighted by atomic mass is 9.74. The molecule has 0 bridgehead atoms. The smallest absolute Gasteiger partial charge is 0.415 e. The van der Waals surface area contributed by atoms with Crippen molar-refractivity contribution in [2.75, 3.05) is 4.90 Å². The lowest BCUT2D eigenvalue weighted by molar-refractivity contribution is -0.115. The van der Waals surface area contributed by atoms with Gasteiger partial charge in [0.15, 0.2) is 5.78 Å². The largest absolute Gasteiger partial charge is 0.443 e. The zero-order chi connectivity index (χ0) is 20.1. The number of fused-ring (bicyclic) bond motifs is 3. The minimum Gasteiger partial charge on any atom is -0.443 e. The van der Waals surface area contributed by atoms with Gasteiger partial charge in [0.25, 0.3) is 0 Å². The van der Waals surface area contributed by atoms with Gasteiger partial charge in [-0.15, -0.1) is 0 Å². The van der Waals surface area contributed by atoms with Gasteiger partial charge < -0.3 is 4.74 Å². The Kier molecular flexibility index (Phi) is 4.46. The maximum atomic E-state index is 13.4. The number of ether oxygens (including phenoxy) is 1. The van der Waals surface area contributed by atoms with Crippen molar-refractivity contribution in [1.29, 1.82) is 0 Å². The Morgan fingerprint density at radius 1 is 1.11 bits per heavy atom. The molecule has 2 aromatic rings. The van der Waals surface area contributed by atoms with E-state index in [1.807, 2.05) is 69.3 Å². The van der Waals surface area contributed by atoms with Gasteiger partial charge in [-0.3, -0.25) is 9.69 Å². The Hall–Kier alpha value is -2.40. The van der Waals surface area contributed by atoms with Gasteiger partial charge in [-0.2, -0.15) is 0 Å². The number of carbonyl (C=O) groups excluding carboxylic acids is 2. The van der Waals surface area contributed by atoms with Crippen molar-refractivity contribution < 1.29 is 14.3 Å². The van der Waals surface area contributed by atoms with Crippen LogP contribution in [0.4, 0.5) is 10.5 Å². The summed E-state index contributed by atoms with van der Waals surface area (Å²) in [4.78, 5) is 27.5. The summed E-state index contributed by atoms with van der Waals surface area (Å²) in [6.45, 7) is 5.58. The number of para-hydroxylation sites is 1. The molecule has 0 unspecified atom stereocenters. The van der Waals surface area contributed by atoms with Crippen LogP contribution in [0, 0.1) is 0 Å². The fourth-order valence-electron chi connectivity index (χ4n) is 4.18. The molecule has 1 aliphatic carbocycles. The van der Waals surface area contributed by atoms with Crippen molar-refractivity contribution in [3.8, 4) is 0 Å². The number of anilines is 1. The standard InChI is InChI=1S/C23H22BrNO3/c1-22(2,3)28-21(27)25-20-11-7-4-8-16(20)18-14-15(26)12-13-23(18,25)17-9-5-6-10-19(17)24/h4-11,14H,12-13H2,1-3H3/t23-/m0/s1. The molecule has 0 saturated heterocycles. The third-order valence-corrected chi connectivity index (χ3v) is 5.89. The van der Waals surface area contributed by atoms with Gasteiger partial charge in [-0.1, -0.05) is 52.3 Å². The zero-order valence-electron chi connectivity index (χ0n) is 16.2. The van der Waals surface area contributed by atoms with Gasteiger partial charge in [0.1, 0.15) is 11.1 Å². The number of rotatable bonds is 1. The Balaban J connectivity index is 2.01. The number of allylic oxidation sites excluding steroid dienone is 1. The highest BCUT2D eigenvalue weighted by atomic mass is 79.9. The van der Waals surface area contributed by atoms with Crippen LogP contribution in [0.25, 0.3) is 5.57 Å². The number of nitrogens with zero attached hydrogens (tertiary/aromatic N) is 1. The van der Waals surface area contributed by atoms with Crippen molar-refractivity contribution >= 4 is 39.1 Å². The number of hydrogen-bond donors (Lipinski definition) is 0. The second-order valence-electron chi connectivity index (χ2n) is 8.20. The fraction of sp³-hybridized carbons (Fsp3) is 0.304. The van der Waals surface area contributed by atoms with E-state index in [2.05, 4.69) is 15.9 Å².